The second-order valence-electron chi connectivity index (χ2n) is 4.81. The molecule has 0 rings (SSSR count). The Bertz CT molecular complexity index is 249. The molecular formula is C15H30N2O. The van der Waals surface area contributed by atoms with Crippen LogP contribution >= 0.6 is 0 Å². The number of nitrogens with zero attached hydrogens (tertiary/aromatic N) is 1. The Morgan fingerprint density at radius 2 is 2.11 bits per heavy atom. The van der Waals surface area contributed by atoms with E-state index in [9.17, 15) is 0 Å². The molecule has 0 spiro atoms. The van der Waals surface area contributed by atoms with Crippen molar-refractivity contribution in [2.75, 3.05) is 33.9 Å². The van der Waals surface area contributed by atoms with Crippen molar-refractivity contribution in [2.45, 2.75) is 39.2 Å². The zero-order valence-corrected chi connectivity index (χ0v) is 12.5. The zero-order valence-electron chi connectivity index (χ0n) is 12.5. The average Bonchev–Trinajstić information content (AvgIpc) is 2.38. The lowest BCUT2D eigenvalue weighted by atomic mass is 10.1. The highest BCUT2D eigenvalue weighted by Crippen LogP contribution is 2.09. The molecule has 0 aromatic carbocycles. The molecule has 0 aromatic rings. The maximum absolute atomic E-state index is 5.53. The maximum atomic E-state index is 5.53. The Balaban J connectivity index is 4.11. The summed E-state index contributed by atoms with van der Waals surface area (Å²) in [4.78, 5) is 2.39. The predicted octanol–water partition coefficient (Wildman–Crippen LogP) is 2.58. The van der Waals surface area contributed by atoms with Gasteiger partial charge in [0, 0.05) is 32.8 Å². The molecule has 0 aliphatic heterocycles. The van der Waals surface area contributed by atoms with Gasteiger partial charge in [-0.15, -0.1) is 0 Å². The quantitative estimate of drug-likeness (QED) is 0.609. The van der Waals surface area contributed by atoms with E-state index in [4.69, 9.17) is 10.5 Å². The third-order valence-electron chi connectivity index (χ3n) is 3.13. The number of methoxy groups -OCH3 is 1. The van der Waals surface area contributed by atoms with Crippen LogP contribution in [0.5, 0.6) is 0 Å². The molecule has 3 nitrogen and oxygen atoms in total. The van der Waals surface area contributed by atoms with E-state index in [0.717, 1.165) is 19.6 Å². The predicted molar refractivity (Wildman–Crippen MR) is 79.8 cm³/mol. The van der Waals surface area contributed by atoms with E-state index < -0.39 is 0 Å². The first-order valence-electron chi connectivity index (χ1n) is 6.87. The summed E-state index contributed by atoms with van der Waals surface area (Å²) in [6, 6.07) is 0.610. The van der Waals surface area contributed by atoms with Gasteiger partial charge in [-0.1, -0.05) is 37.1 Å². The van der Waals surface area contributed by atoms with Crippen molar-refractivity contribution in [2.24, 2.45) is 5.73 Å². The minimum atomic E-state index is 0.610. The summed E-state index contributed by atoms with van der Waals surface area (Å²) in [6.07, 6.45) is 9.91. The third-order valence-corrected chi connectivity index (χ3v) is 3.13. The highest BCUT2D eigenvalue weighted by atomic mass is 16.5. The lowest BCUT2D eigenvalue weighted by Crippen LogP contribution is -2.32. The minimum absolute atomic E-state index is 0.610. The van der Waals surface area contributed by atoms with Crippen LogP contribution in [-0.2, 0) is 4.74 Å². The molecule has 18 heavy (non-hydrogen) atoms. The molecular weight excluding hydrogens is 224 g/mol. The topological polar surface area (TPSA) is 38.5 Å². The number of likely N-dealkylation sites (N-methyl/N-ethyl adjacent to an activating group) is 1. The van der Waals surface area contributed by atoms with Crippen LogP contribution in [-0.4, -0.2) is 44.8 Å². The minimum Gasteiger partial charge on any atom is -0.385 e. The van der Waals surface area contributed by atoms with Crippen LogP contribution in [0.3, 0.4) is 0 Å². The molecule has 0 bridgehead atoms. The van der Waals surface area contributed by atoms with E-state index in [0.29, 0.717) is 12.6 Å². The number of hydrogen-bond acceptors (Lipinski definition) is 3. The van der Waals surface area contributed by atoms with Crippen molar-refractivity contribution in [1.29, 1.82) is 0 Å². The number of ether oxygens (including phenoxy) is 1. The molecule has 0 fully saturated rings. The molecule has 3 heteroatoms. The van der Waals surface area contributed by atoms with Gasteiger partial charge in [0.05, 0.1) is 0 Å². The van der Waals surface area contributed by atoms with Gasteiger partial charge in [0.2, 0.25) is 0 Å². The van der Waals surface area contributed by atoms with Crippen LogP contribution in [0.4, 0.5) is 0 Å². The SMILES string of the molecule is CCCC(CCOC)N(C)C/C=C\C=C(\C)CN. The molecule has 1 atom stereocenters. The van der Waals surface area contributed by atoms with Gasteiger partial charge in [-0.2, -0.15) is 0 Å². The molecule has 106 valence electrons. The fraction of sp³-hybridized carbons (Fsp3) is 0.733. The van der Waals surface area contributed by atoms with Crippen molar-refractivity contribution < 1.29 is 4.74 Å². The van der Waals surface area contributed by atoms with Crippen molar-refractivity contribution in [3.05, 3.63) is 23.8 Å². The summed E-state index contributed by atoms with van der Waals surface area (Å²) < 4.78 is 5.17. The summed E-state index contributed by atoms with van der Waals surface area (Å²) in [5.41, 5.74) is 6.74. The molecule has 0 amide bonds. The zero-order chi connectivity index (χ0) is 13.8. The normalized spacial score (nSPS) is 14.7. The standard InChI is InChI=1S/C15H30N2O/c1-5-8-15(10-12-18-4)17(3)11-7-6-9-14(2)13-16/h6-7,9,15H,5,8,10-13,16H2,1-4H3/b7-6-,14-9-. The summed E-state index contributed by atoms with van der Waals surface area (Å²) in [5, 5.41) is 0. The van der Waals surface area contributed by atoms with E-state index in [2.05, 4.69) is 37.1 Å². The first-order chi connectivity index (χ1) is 8.65. The van der Waals surface area contributed by atoms with Gasteiger partial charge in [0.15, 0.2) is 0 Å². The number of nitrogens with two attached hydrogens (primary N) is 1. The summed E-state index contributed by atoms with van der Waals surface area (Å²) in [6.45, 7) is 6.73. The van der Waals surface area contributed by atoms with Crippen LogP contribution in [0.2, 0.25) is 0 Å². The number of rotatable bonds is 10. The van der Waals surface area contributed by atoms with Crippen LogP contribution in [0.25, 0.3) is 0 Å². The van der Waals surface area contributed by atoms with Gasteiger partial charge in [-0.05, 0) is 26.8 Å². The summed E-state index contributed by atoms with van der Waals surface area (Å²) in [5.74, 6) is 0. The number of hydrogen-bond donors (Lipinski definition) is 1. The van der Waals surface area contributed by atoms with Crippen molar-refractivity contribution in [3.8, 4) is 0 Å². The highest BCUT2D eigenvalue weighted by Gasteiger charge is 2.11. The lowest BCUT2D eigenvalue weighted by molar-refractivity contribution is 0.147. The Labute approximate surface area is 113 Å². The van der Waals surface area contributed by atoms with Crippen LogP contribution in [0.1, 0.15) is 33.1 Å². The van der Waals surface area contributed by atoms with E-state index >= 15 is 0 Å². The Morgan fingerprint density at radius 3 is 2.67 bits per heavy atom. The summed E-state index contributed by atoms with van der Waals surface area (Å²) in [7, 11) is 3.95. The molecule has 0 heterocycles. The smallest absolute Gasteiger partial charge is 0.0477 e. The van der Waals surface area contributed by atoms with Crippen molar-refractivity contribution >= 4 is 0 Å². The number of allylic oxidation sites excluding steroid dienone is 2. The molecule has 0 aromatic heterocycles. The first kappa shape index (κ1) is 17.4. The molecule has 0 saturated heterocycles. The van der Waals surface area contributed by atoms with Gasteiger partial charge < -0.3 is 10.5 Å². The Hall–Kier alpha value is -0.640. The van der Waals surface area contributed by atoms with Gasteiger partial charge in [-0.25, -0.2) is 0 Å². The second-order valence-corrected chi connectivity index (χ2v) is 4.81. The molecule has 2 N–H and O–H groups in total. The molecule has 0 radical (unpaired) electrons. The van der Waals surface area contributed by atoms with E-state index in [1.54, 1.807) is 7.11 Å². The largest absolute Gasteiger partial charge is 0.385 e. The molecule has 1 unspecified atom stereocenters. The van der Waals surface area contributed by atoms with Gasteiger partial charge in [0.1, 0.15) is 0 Å². The average molecular weight is 254 g/mol. The van der Waals surface area contributed by atoms with Gasteiger partial charge in [0.25, 0.3) is 0 Å². The van der Waals surface area contributed by atoms with Crippen LogP contribution in [0, 0.1) is 0 Å². The van der Waals surface area contributed by atoms with E-state index in [1.807, 2.05) is 6.92 Å². The molecule has 0 aliphatic rings. The van der Waals surface area contributed by atoms with Crippen LogP contribution in [0.15, 0.2) is 23.8 Å². The Morgan fingerprint density at radius 1 is 1.39 bits per heavy atom. The monoisotopic (exact) mass is 254 g/mol. The van der Waals surface area contributed by atoms with Crippen LogP contribution < -0.4 is 5.73 Å². The van der Waals surface area contributed by atoms with Gasteiger partial charge in [-0.3, -0.25) is 4.90 Å². The van der Waals surface area contributed by atoms with E-state index in [1.165, 1.54) is 18.4 Å². The van der Waals surface area contributed by atoms with Crippen molar-refractivity contribution in [1.82, 2.24) is 4.90 Å². The fourth-order valence-electron chi connectivity index (χ4n) is 1.85. The maximum Gasteiger partial charge on any atom is 0.0477 e. The third kappa shape index (κ3) is 8.45. The van der Waals surface area contributed by atoms with Gasteiger partial charge >= 0.3 is 0 Å². The molecule has 0 saturated carbocycles. The first-order valence-corrected chi connectivity index (χ1v) is 6.87. The second kappa shape index (κ2) is 11.5. The highest BCUT2D eigenvalue weighted by molar-refractivity contribution is 5.11. The molecule has 0 aliphatic carbocycles. The summed E-state index contributed by atoms with van der Waals surface area (Å²) >= 11 is 0. The fourth-order valence-corrected chi connectivity index (χ4v) is 1.85. The Kier molecular flexibility index (Phi) is 11.0. The van der Waals surface area contributed by atoms with E-state index in [-0.39, 0.29) is 0 Å². The lowest BCUT2D eigenvalue weighted by Gasteiger charge is -2.26. The van der Waals surface area contributed by atoms with Crippen molar-refractivity contribution in [3.63, 3.8) is 0 Å².